The van der Waals surface area contributed by atoms with Crippen LogP contribution in [0.25, 0.3) is 11.3 Å². The summed E-state index contributed by atoms with van der Waals surface area (Å²) in [7, 11) is -1.94. The average molecular weight is 426 g/mol. The van der Waals surface area contributed by atoms with E-state index in [1.54, 1.807) is 24.5 Å². The molecule has 8 heteroatoms. The standard InChI is InChI=1S/C22H23N3O4S/c1-23-12-17-14-25(30(26,27)18-3-2-8-24-13-18)22(21(17)15-4-5-15)16-6-7-19-20(11-16)29-10-9-28-19/h2-3,6-8,11,13-15,23H,4-5,9-10,12H2,1H3. The summed E-state index contributed by atoms with van der Waals surface area (Å²) >= 11 is 0. The third-order valence-electron chi connectivity index (χ3n) is 5.45. The highest BCUT2D eigenvalue weighted by Crippen LogP contribution is 2.48. The molecular formula is C22H23N3O4S. The van der Waals surface area contributed by atoms with Gasteiger partial charge < -0.3 is 14.8 Å². The van der Waals surface area contributed by atoms with Gasteiger partial charge in [0.1, 0.15) is 18.1 Å². The van der Waals surface area contributed by atoms with Crippen LogP contribution in [0.1, 0.15) is 29.9 Å². The molecular weight excluding hydrogens is 402 g/mol. The van der Waals surface area contributed by atoms with E-state index < -0.39 is 10.0 Å². The van der Waals surface area contributed by atoms with Crippen LogP contribution in [0.15, 0.2) is 53.8 Å². The minimum atomic E-state index is -3.81. The highest BCUT2D eigenvalue weighted by molar-refractivity contribution is 7.90. The van der Waals surface area contributed by atoms with Gasteiger partial charge in [0.15, 0.2) is 11.5 Å². The molecule has 0 amide bonds. The number of fused-ring (bicyclic) bond motifs is 1. The van der Waals surface area contributed by atoms with E-state index in [1.165, 1.54) is 10.2 Å². The van der Waals surface area contributed by atoms with Crippen LogP contribution in [0, 0.1) is 0 Å². The van der Waals surface area contributed by atoms with Crippen LogP contribution in [-0.4, -0.2) is 37.6 Å². The maximum atomic E-state index is 13.6. The van der Waals surface area contributed by atoms with Crippen molar-refractivity contribution in [3.05, 3.63) is 60.0 Å². The molecule has 3 aromatic rings. The van der Waals surface area contributed by atoms with Gasteiger partial charge in [0.05, 0.1) is 5.69 Å². The Hall–Kier alpha value is -2.84. The number of hydrogen-bond donors (Lipinski definition) is 1. The predicted molar refractivity (Wildman–Crippen MR) is 112 cm³/mol. The van der Waals surface area contributed by atoms with Crippen molar-refractivity contribution in [2.45, 2.75) is 30.2 Å². The summed E-state index contributed by atoms with van der Waals surface area (Å²) in [5.41, 5.74) is 3.59. The monoisotopic (exact) mass is 425 g/mol. The molecule has 0 radical (unpaired) electrons. The van der Waals surface area contributed by atoms with Crippen LogP contribution >= 0.6 is 0 Å². The first kappa shape index (κ1) is 19.1. The van der Waals surface area contributed by atoms with Crippen molar-refractivity contribution in [2.75, 3.05) is 20.3 Å². The lowest BCUT2D eigenvalue weighted by Gasteiger charge is -2.20. The molecule has 0 unspecified atom stereocenters. The van der Waals surface area contributed by atoms with Crippen molar-refractivity contribution in [3.63, 3.8) is 0 Å². The molecule has 2 aliphatic rings. The second-order valence-electron chi connectivity index (χ2n) is 7.57. The average Bonchev–Trinajstić information content (AvgIpc) is 3.54. The van der Waals surface area contributed by atoms with Gasteiger partial charge in [-0.1, -0.05) is 0 Å². The Kier molecular flexibility index (Phi) is 4.75. The molecule has 0 spiro atoms. The van der Waals surface area contributed by atoms with Crippen LogP contribution in [-0.2, 0) is 16.6 Å². The number of pyridine rings is 1. The molecule has 5 rings (SSSR count). The van der Waals surface area contributed by atoms with Crippen LogP contribution < -0.4 is 14.8 Å². The van der Waals surface area contributed by atoms with E-state index in [1.807, 2.05) is 25.2 Å². The molecule has 2 aromatic heterocycles. The molecule has 0 bridgehead atoms. The first-order valence-corrected chi connectivity index (χ1v) is 11.5. The van der Waals surface area contributed by atoms with Gasteiger partial charge >= 0.3 is 0 Å². The quantitative estimate of drug-likeness (QED) is 0.653. The van der Waals surface area contributed by atoms with Crippen LogP contribution in [0.3, 0.4) is 0 Å². The summed E-state index contributed by atoms with van der Waals surface area (Å²) in [5.74, 6) is 1.69. The van der Waals surface area contributed by atoms with Gasteiger partial charge in [0, 0.05) is 30.7 Å². The number of nitrogens with zero attached hydrogens (tertiary/aromatic N) is 2. The topological polar surface area (TPSA) is 82.5 Å². The molecule has 3 heterocycles. The second-order valence-corrected chi connectivity index (χ2v) is 9.38. The fourth-order valence-corrected chi connectivity index (χ4v) is 5.36. The molecule has 0 saturated heterocycles. The fourth-order valence-electron chi connectivity index (χ4n) is 3.98. The van der Waals surface area contributed by atoms with Crippen molar-refractivity contribution < 1.29 is 17.9 Å². The van der Waals surface area contributed by atoms with Gasteiger partial charge in [-0.2, -0.15) is 0 Å². The minimum absolute atomic E-state index is 0.164. The van der Waals surface area contributed by atoms with Gasteiger partial charge in [0.25, 0.3) is 10.0 Å². The molecule has 0 atom stereocenters. The van der Waals surface area contributed by atoms with E-state index >= 15 is 0 Å². The Morgan fingerprint density at radius 1 is 1.17 bits per heavy atom. The summed E-state index contributed by atoms with van der Waals surface area (Å²) in [6, 6.07) is 8.86. The number of aromatic nitrogens is 2. The van der Waals surface area contributed by atoms with E-state index in [0.717, 1.165) is 29.5 Å². The smallest absolute Gasteiger partial charge is 0.269 e. The first-order chi connectivity index (χ1) is 14.6. The first-order valence-electron chi connectivity index (χ1n) is 10.0. The molecule has 1 aromatic carbocycles. The normalized spacial score (nSPS) is 15.9. The Morgan fingerprint density at radius 2 is 1.97 bits per heavy atom. The lowest BCUT2D eigenvalue weighted by molar-refractivity contribution is 0.171. The van der Waals surface area contributed by atoms with E-state index in [0.29, 0.717) is 42.9 Å². The summed E-state index contributed by atoms with van der Waals surface area (Å²) < 4.78 is 40.0. The summed E-state index contributed by atoms with van der Waals surface area (Å²) in [5, 5.41) is 3.18. The fraction of sp³-hybridized carbons (Fsp3) is 0.318. The van der Waals surface area contributed by atoms with E-state index in [9.17, 15) is 8.42 Å². The Labute approximate surface area is 175 Å². The molecule has 1 fully saturated rings. The maximum absolute atomic E-state index is 13.6. The number of ether oxygens (including phenoxy) is 2. The molecule has 30 heavy (non-hydrogen) atoms. The van der Waals surface area contributed by atoms with E-state index in [4.69, 9.17) is 9.47 Å². The van der Waals surface area contributed by atoms with Crippen LogP contribution in [0.4, 0.5) is 0 Å². The second kappa shape index (κ2) is 7.45. The molecule has 1 aliphatic carbocycles. The van der Waals surface area contributed by atoms with Gasteiger partial charge in [-0.15, -0.1) is 0 Å². The molecule has 1 N–H and O–H groups in total. The van der Waals surface area contributed by atoms with Crippen molar-refractivity contribution >= 4 is 10.0 Å². The van der Waals surface area contributed by atoms with Gasteiger partial charge in [0.2, 0.25) is 0 Å². The lowest BCUT2D eigenvalue weighted by atomic mass is 10.0. The van der Waals surface area contributed by atoms with Crippen molar-refractivity contribution in [3.8, 4) is 22.8 Å². The Morgan fingerprint density at radius 3 is 2.67 bits per heavy atom. The lowest BCUT2D eigenvalue weighted by Crippen LogP contribution is -2.16. The largest absolute Gasteiger partial charge is 0.486 e. The number of hydrogen-bond acceptors (Lipinski definition) is 6. The van der Waals surface area contributed by atoms with Crippen molar-refractivity contribution in [1.82, 2.24) is 14.3 Å². The zero-order valence-electron chi connectivity index (χ0n) is 16.7. The molecule has 7 nitrogen and oxygen atoms in total. The summed E-state index contributed by atoms with van der Waals surface area (Å²) in [6.07, 6.45) is 6.82. The molecule has 1 saturated carbocycles. The van der Waals surface area contributed by atoms with Crippen molar-refractivity contribution in [1.29, 1.82) is 0 Å². The highest BCUT2D eigenvalue weighted by Gasteiger charge is 2.35. The number of benzene rings is 1. The van der Waals surface area contributed by atoms with Gasteiger partial charge in [-0.25, -0.2) is 12.4 Å². The zero-order valence-corrected chi connectivity index (χ0v) is 17.5. The zero-order chi connectivity index (χ0) is 20.7. The summed E-state index contributed by atoms with van der Waals surface area (Å²) in [6.45, 7) is 1.59. The van der Waals surface area contributed by atoms with Gasteiger partial charge in [-0.3, -0.25) is 4.98 Å². The Bertz CT molecular complexity index is 1180. The molecule has 1 aliphatic heterocycles. The van der Waals surface area contributed by atoms with Crippen LogP contribution in [0.5, 0.6) is 11.5 Å². The third kappa shape index (κ3) is 3.26. The number of rotatable bonds is 6. The predicted octanol–water partition coefficient (Wildman–Crippen LogP) is 3.16. The van der Waals surface area contributed by atoms with E-state index in [2.05, 4.69) is 10.3 Å². The summed E-state index contributed by atoms with van der Waals surface area (Å²) in [4.78, 5) is 4.17. The SMILES string of the molecule is CNCc1cn(S(=O)(=O)c2cccnc2)c(-c2ccc3c(c2)OCCO3)c1C1CC1. The number of nitrogens with one attached hydrogen (secondary N) is 1. The Balaban J connectivity index is 1.74. The van der Waals surface area contributed by atoms with Crippen molar-refractivity contribution in [2.24, 2.45) is 0 Å². The van der Waals surface area contributed by atoms with Crippen LogP contribution in [0.2, 0.25) is 0 Å². The van der Waals surface area contributed by atoms with Gasteiger partial charge in [-0.05, 0) is 67.3 Å². The highest BCUT2D eigenvalue weighted by atomic mass is 32.2. The third-order valence-corrected chi connectivity index (χ3v) is 7.10. The maximum Gasteiger partial charge on any atom is 0.269 e. The minimum Gasteiger partial charge on any atom is -0.486 e. The van der Waals surface area contributed by atoms with E-state index in [-0.39, 0.29) is 4.90 Å². The molecule has 156 valence electrons.